The molecule has 0 bridgehead atoms. The van der Waals surface area contributed by atoms with Crippen molar-refractivity contribution < 1.29 is 38.7 Å². The van der Waals surface area contributed by atoms with Crippen LogP contribution in [0, 0.1) is 11.3 Å². The molecule has 45 heavy (non-hydrogen) atoms. The van der Waals surface area contributed by atoms with Gasteiger partial charge in [-0.1, -0.05) is 77.6 Å². The van der Waals surface area contributed by atoms with E-state index in [1.165, 1.54) is 4.90 Å². The maximum atomic E-state index is 14.3. The molecular weight excluding hydrogens is 579 g/mol. The van der Waals surface area contributed by atoms with Gasteiger partial charge in [0.2, 0.25) is 11.8 Å². The van der Waals surface area contributed by atoms with E-state index in [2.05, 4.69) is 10.6 Å². The van der Waals surface area contributed by atoms with Crippen LogP contribution in [0.15, 0.2) is 24.3 Å². The molecule has 1 aliphatic carbocycles. The number of hydrogen-bond donors (Lipinski definition) is 4. The van der Waals surface area contributed by atoms with Crippen LogP contribution in [0.2, 0.25) is 0 Å². The van der Waals surface area contributed by atoms with Crippen LogP contribution >= 0.6 is 0 Å². The standard InChI is InChI=1S/C32H49BN4O8/c1-5-11-26(33(42)43)34-28(38)25-16-24(45-31(41)36-17-22-14-9-10-15-23(22)18-36)19-37(25)29(39)27(21-12-7-6-8-13-21)35-30(40)44-20-32(2,3)4/h9-10,14-15,21,24-27,42-43H,5-8,11-13,16-20H2,1-4H3,(H,34,38)(H,35,40)/t24-,25+,26+,27+/m1/s1. The summed E-state index contributed by atoms with van der Waals surface area (Å²) in [6, 6.07) is 5.80. The molecule has 0 spiro atoms. The van der Waals surface area contributed by atoms with Gasteiger partial charge >= 0.3 is 19.3 Å². The number of carbonyl (C=O) groups is 4. The molecule has 12 nitrogen and oxygen atoms in total. The van der Waals surface area contributed by atoms with Gasteiger partial charge in [-0.3, -0.25) is 14.5 Å². The van der Waals surface area contributed by atoms with Crippen LogP contribution in [0.1, 0.15) is 90.2 Å². The molecule has 1 aromatic rings. The largest absolute Gasteiger partial charge is 0.475 e. The molecule has 13 heteroatoms. The van der Waals surface area contributed by atoms with Crippen LogP contribution < -0.4 is 10.6 Å². The van der Waals surface area contributed by atoms with Gasteiger partial charge in [0, 0.05) is 19.5 Å². The highest BCUT2D eigenvalue weighted by Crippen LogP contribution is 2.31. The topological polar surface area (TPSA) is 158 Å². The molecule has 2 heterocycles. The van der Waals surface area contributed by atoms with Crippen LogP contribution in [0.25, 0.3) is 0 Å². The Labute approximate surface area is 266 Å². The minimum atomic E-state index is -1.78. The molecule has 0 radical (unpaired) electrons. The van der Waals surface area contributed by atoms with E-state index in [0.29, 0.717) is 25.9 Å². The van der Waals surface area contributed by atoms with Gasteiger partial charge in [-0.2, -0.15) is 0 Å². The zero-order valence-corrected chi connectivity index (χ0v) is 27.0. The van der Waals surface area contributed by atoms with Crippen molar-refractivity contribution in [3.63, 3.8) is 0 Å². The van der Waals surface area contributed by atoms with E-state index in [1.807, 2.05) is 52.0 Å². The number of nitrogens with one attached hydrogen (secondary N) is 2. The molecule has 248 valence electrons. The van der Waals surface area contributed by atoms with Gasteiger partial charge in [0.15, 0.2) is 0 Å². The molecular formula is C32H49BN4O8. The molecule has 3 aliphatic rings. The van der Waals surface area contributed by atoms with Crippen molar-refractivity contribution in [3.8, 4) is 0 Å². The van der Waals surface area contributed by atoms with Gasteiger partial charge in [0.05, 0.1) is 19.1 Å². The number of likely N-dealkylation sites (tertiary alicyclic amines) is 1. The lowest BCUT2D eigenvalue weighted by atomic mass is 9.76. The number of amides is 4. The normalized spacial score (nSPS) is 21.5. The van der Waals surface area contributed by atoms with E-state index in [4.69, 9.17) is 9.47 Å². The molecule has 4 N–H and O–H groups in total. The molecule has 2 fully saturated rings. The van der Waals surface area contributed by atoms with Gasteiger partial charge in [-0.25, -0.2) is 9.59 Å². The number of fused-ring (bicyclic) bond motifs is 1. The molecule has 0 unspecified atom stereocenters. The number of ether oxygens (including phenoxy) is 2. The average Bonchev–Trinajstić information content (AvgIpc) is 3.63. The molecule has 0 aromatic heterocycles. The lowest BCUT2D eigenvalue weighted by Crippen LogP contribution is -2.58. The summed E-state index contributed by atoms with van der Waals surface area (Å²) >= 11 is 0. The highest BCUT2D eigenvalue weighted by Gasteiger charge is 2.46. The van der Waals surface area contributed by atoms with Crippen LogP contribution in [-0.4, -0.2) is 88.2 Å². The summed E-state index contributed by atoms with van der Waals surface area (Å²) in [5, 5.41) is 25.2. The van der Waals surface area contributed by atoms with Crippen molar-refractivity contribution in [2.24, 2.45) is 11.3 Å². The predicted molar refractivity (Wildman–Crippen MR) is 167 cm³/mol. The SMILES string of the molecule is CCC[C@H](NC(=O)[C@@H]1C[C@@H](OC(=O)N2Cc3ccccc3C2)CN1C(=O)[C@@H](NC(=O)OCC(C)(C)C)C1CCCCC1)B(O)O. The van der Waals surface area contributed by atoms with Crippen LogP contribution in [0.5, 0.6) is 0 Å². The lowest BCUT2D eigenvalue weighted by molar-refractivity contribution is -0.141. The Morgan fingerprint density at radius 1 is 1.02 bits per heavy atom. The second-order valence-corrected chi connectivity index (χ2v) is 13.8. The van der Waals surface area contributed by atoms with Gasteiger partial charge in [0.25, 0.3) is 0 Å². The van der Waals surface area contributed by atoms with E-state index in [1.54, 1.807) is 4.90 Å². The van der Waals surface area contributed by atoms with Crippen LogP contribution in [0.3, 0.4) is 0 Å². The summed E-state index contributed by atoms with van der Waals surface area (Å²) in [4.78, 5) is 57.0. The number of rotatable bonds is 10. The fraction of sp³-hybridized carbons (Fsp3) is 0.688. The van der Waals surface area contributed by atoms with E-state index < -0.39 is 55.2 Å². The summed E-state index contributed by atoms with van der Waals surface area (Å²) in [5.74, 6) is -2.09. The fourth-order valence-electron chi connectivity index (χ4n) is 6.42. The van der Waals surface area contributed by atoms with E-state index in [0.717, 1.165) is 43.2 Å². The monoisotopic (exact) mass is 628 g/mol. The molecule has 4 amide bonds. The summed E-state index contributed by atoms with van der Waals surface area (Å²) in [7, 11) is -1.78. The van der Waals surface area contributed by atoms with Gasteiger partial charge in [-0.05, 0) is 41.7 Å². The number of carbonyl (C=O) groups excluding carboxylic acids is 4. The summed E-state index contributed by atoms with van der Waals surface area (Å²) in [5.41, 5.74) is 1.82. The van der Waals surface area contributed by atoms with Crippen molar-refractivity contribution in [1.29, 1.82) is 0 Å². The van der Waals surface area contributed by atoms with Crippen molar-refractivity contribution in [2.75, 3.05) is 13.2 Å². The maximum absolute atomic E-state index is 14.3. The maximum Gasteiger partial charge on any atom is 0.475 e. The summed E-state index contributed by atoms with van der Waals surface area (Å²) in [6.07, 6.45) is 3.31. The van der Waals surface area contributed by atoms with Crippen molar-refractivity contribution in [3.05, 3.63) is 35.4 Å². The highest BCUT2D eigenvalue weighted by molar-refractivity contribution is 6.43. The molecule has 2 aliphatic heterocycles. The minimum Gasteiger partial charge on any atom is -0.449 e. The Hall–Kier alpha value is -3.32. The Kier molecular flexibility index (Phi) is 11.8. The zero-order chi connectivity index (χ0) is 32.7. The predicted octanol–water partition coefficient (Wildman–Crippen LogP) is 3.13. The highest BCUT2D eigenvalue weighted by atomic mass is 16.6. The van der Waals surface area contributed by atoms with Crippen molar-refractivity contribution in [2.45, 2.75) is 116 Å². The first-order chi connectivity index (χ1) is 21.4. The smallest absolute Gasteiger partial charge is 0.449 e. The third-order valence-electron chi connectivity index (χ3n) is 8.80. The lowest BCUT2D eigenvalue weighted by Gasteiger charge is -2.34. The second-order valence-electron chi connectivity index (χ2n) is 13.8. The second kappa shape index (κ2) is 15.3. The summed E-state index contributed by atoms with van der Waals surface area (Å²) in [6.45, 7) is 8.62. The first-order valence-electron chi connectivity index (χ1n) is 16.3. The van der Waals surface area contributed by atoms with E-state index in [9.17, 15) is 29.2 Å². The van der Waals surface area contributed by atoms with Crippen molar-refractivity contribution in [1.82, 2.24) is 20.4 Å². The Bertz CT molecular complexity index is 1180. The molecule has 1 saturated heterocycles. The fourth-order valence-corrected chi connectivity index (χ4v) is 6.42. The van der Waals surface area contributed by atoms with E-state index >= 15 is 0 Å². The molecule has 4 rings (SSSR count). The third kappa shape index (κ3) is 9.35. The number of nitrogens with zero attached hydrogens (tertiary/aromatic N) is 2. The van der Waals surface area contributed by atoms with Crippen LogP contribution in [0.4, 0.5) is 9.59 Å². The van der Waals surface area contributed by atoms with Gasteiger partial charge in [-0.15, -0.1) is 0 Å². The van der Waals surface area contributed by atoms with E-state index in [-0.39, 0.29) is 30.9 Å². The van der Waals surface area contributed by atoms with Crippen molar-refractivity contribution >= 4 is 31.1 Å². The number of benzene rings is 1. The molecule has 1 aromatic carbocycles. The Morgan fingerprint density at radius 3 is 2.24 bits per heavy atom. The first kappa shape index (κ1) is 34.6. The van der Waals surface area contributed by atoms with Crippen LogP contribution in [-0.2, 0) is 32.2 Å². The minimum absolute atomic E-state index is 0.0362. The summed E-state index contributed by atoms with van der Waals surface area (Å²) < 4.78 is 11.3. The third-order valence-corrected chi connectivity index (χ3v) is 8.80. The zero-order valence-electron chi connectivity index (χ0n) is 27.0. The Balaban J connectivity index is 1.53. The number of hydrogen-bond acceptors (Lipinski definition) is 8. The first-order valence-corrected chi connectivity index (χ1v) is 16.3. The molecule has 1 saturated carbocycles. The van der Waals surface area contributed by atoms with Gasteiger partial charge < -0.3 is 35.1 Å². The molecule has 4 atom stereocenters. The number of alkyl carbamates (subject to hydrolysis) is 1. The Morgan fingerprint density at radius 2 is 1.67 bits per heavy atom. The quantitative estimate of drug-likeness (QED) is 0.288. The van der Waals surface area contributed by atoms with Gasteiger partial charge in [0.1, 0.15) is 18.2 Å². The average molecular weight is 629 g/mol.